The van der Waals surface area contributed by atoms with Crippen molar-refractivity contribution in [2.75, 3.05) is 4.72 Å². The molecule has 130 valence electrons. The standard InChI is InChI=1S/C19H15N3O3S/c20-12-14-4-6-15(7-5-14)16-8-10-18(11-9-16)26(24,25)22-19-3-1-2-17(13-23)21-19/h1-11,23H,13H2,(H,21,22). The molecule has 0 unspecified atom stereocenters. The van der Waals surface area contributed by atoms with Gasteiger partial charge < -0.3 is 5.11 Å². The molecule has 0 fully saturated rings. The number of hydrogen-bond donors (Lipinski definition) is 2. The van der Waals surface area contributed by atoms with Gasteiger partial charge in [-0.2, -0.15) is 5.26 Å². The highest BCUT2D eigenvalue weighted by Gasteiger charge is 2.15. The quantitative estimate of drug-likeness (QED) is 0.724. The summed E-state index contributed by atoms with van der Waals surface area (Å²) in [4.78, 5) is 4.12. The Morgan fingerprint density at radius 3 is 2.15 bits per heavy atom. The van der Waals surface area contributed by atoms with Crippen molar-refractivity contribution in [3.05, 3.63) is 78.0 Å². The molecular formula is C19H15N3O3S. The van der Waals surface area contributed by atoms with E-state index in [4.69, 9.17) is 10.4 Å². The summed E-state index contributed by atoms with van der Waals surface area (Å²) >= 11 is 0. The number of nitrogens with one attached hydrogen (secondary N) is 1. The fourth-order valence-corrected chi connectivity index (χ4v) is 3.39. The fraction of sp³-hybridized carbons (Fsp3) is 0.0526. The third-order valence-electron chi connectivity index (χ3n) is 3.72. The van der Waals surface area contributed by atoms with Crippen LogP contribution >= 0.6 is 0 Å². The zero-order chi connectivity index (χ0) is 18.6. The molecule has 0 spiro atoms. The molecule has 0 aliphatic rings. The average molecular weight is 365 g/mol. The van der Waals surface area contributed by atoms with Gasteiger partial charge in [0.1, 0.15) is 5.82 Å². The molecule has 0 bridgehead atoms. The van der Waals surface area contributed by atoms with E-state index in [1.165, 1.54) is 18.2 Å². The number of sulfonamides is 1. The lowest BCUT2D eigenvalue weighted by atomic mass is 10.0. The predicted molar refractivity (Wildman–Crippen MR) is 97.6 cm³/mol. The smallest absolute Gasteiger partial charge is 0.263 e. The predicted octanol–water partition coefficient (Wildman–Crippen LogP) is 2.91. The van der Waals surface area contributed by atoms with Gasteiger partial charge in [0.2, 0.25) is 0 Å². The van der Waals surface area contributed by atoms with E-state index >= 15 is 0 Å². The highest BCUT2D eigenvalue weighted by molar-refractivity contribution is 7.92. The van der Waals surface area contributed by atoms with Crippen LogP contribution < -0.4 is 4.72 Å². The molecule has 0 aliphatic heterocycles. The molecule has 0 aliphatic carbocycles. The number of aliphatic hydroxyl groups excluding tert-OH is 1. The van der Waals surface area contributed by atoms with E-state index in [0.717, 1.165) is 11.1 Å². The Morgan fingerprint density at radius 2 is 1.58 bits per heavy atom. The number of aliphatic hydroxyl groups is 1. The summed E-state index contributed by atoms with van der Waals surface area (Å²) in [6, 6.07) is 20.2. The van der Waals surface area contributed by atoms with Gasteiger partial charge in [0.05, 0.1) is 28.8 Å². The maximum atomic E-state index is 12.5. The first-order chi connectivity index (χ1) is 12.5. The van der Waals surface area contributed by atoms with Gasteiger partial charge in [0, 0.05) is 0 Å². The Labute approximate surface area is 151 Å². The van der Waals surface area contributed by atoms with Gasteiger partial charge in [-0.3, -0.25) is 4.72 Å². The number of benzene rings is 2. The Morgan fingerprint density at radius 1 is 0.962 bits per heavy atom. The summed E-state index contributed by atoms with van der Waals surface area (Å²) in [5, 5.41) is 17.9. The second-order valence-corrected chi connectivity index (χ2v) is 7.17. The lowest BCUT2D eigenvalue weighted by Crippen LogP contribution is -2.14. The van der Waals surface area contributed by atoms with E-state index in [1.54, 1.807) is 36.4 Å². The summed E-state index contributed by atoms with van der Waals surface area (Å²) < 4.78 is 27.4. The minimum Gasteiger partial charge on any atom is -0.390 e. The molecule has 3 aromatic rings. The van der Waals surface area contributed by atoms with Crippen molar-refractivity contribution in [2.24, 2.45) is 0 Å². The van der Waals surface area contributed by atoms with E-state index in [9.17, 15) is 8.42 Å². The normalized spacial score (nSPS) is 10.9. The van der Waals surface area contributed by atoms with Crippen molar-refractivity contribution in [3.63, 3.8) is 0 Å². The summed E-state index contributed by atoms with van der Waals surface area (Å²) in [7, 11) is -3.79. The van der Waals surface area contributed by atoms with E-state index in [-0.39, 0.29) is 17.3 Å². The number of nitriles is 1. The van der Waals surface area contributed by atoms with Crippen LogP contribution in [0.4, 0.5) is 5.82 Å². The Hall–Kier alpha value is -3.21. The van der Waals surface area contributed by atoms with Gasteiger partial charge in [-0.1, -0.05) is 30.3 Å². The highest BCUT2D eigenvalue weighted by Crippen LogP contribution is 2.23. The van der Waals surface area contributed by atoms with Gasteiger partial charge in [0.25, 0.3) is 10.0 Å². The second kappa shape index (κ2) is 7.35. The van der Waals surface area contributed by atoms with Crippen molar-refractivity contribution in [1.29, 1.82) is 5.26 Å². The first-order valence-electron chi connectivity index (χ1n) is 7.72. The Balaban J connectivity index is 1.83. The SMILES string of the molecule is N#Cc1ccc(-c2ccc(S(=O)(=O)Nc3cccc(CO)n3)cc2)cc1. The number of pyridine rings is 1. The topological polar surface area (TPSA) is 103 Å². The van der Waals surface area contributed by atoms with Crippen LogP contribution in [0.1, 0.15) is 11.3 Å². The number of rotatable bonds is 5. The lowest BCUT2D eigenvalue weighted by Gasteiger charge is -2.09. The molecular weight excluding hydrogens is 350 g/mol. The third kappa shape index (κ3) is 3.88. The number of anilines is 1. The molecule has 2 N–H and O–H groups in total. The maximum Gasteiger partial charge on any atom is 0.263 e. The molecule has 0 saturated carbocycles. The summed E-state index contributed by atoms with van der Waals surface area (Å²) in [5.41, 5.74) is 2.67. The molecule has 0 amide bonds. The van der Waals surface area contributed by atoms with E-state index in [1.807, 2.05) is 12.1 Å². The van der Waals surface area contributed by atoms with Crippen LogP contribution in [0.5, 0.6) is 0 Å². The van der Waals surface area contributed by atoms with E-state index < -0.39 is 10.0 Å². The maximum absolute atomic E-state index is 12.5. The van der Waals surface area contributed by atoms with Crippen LogP contribution in [0.2, 0.25) is 0 Å². The van der Waals surface area contributed by atoms with Gasteiger partial charge >= 0.3 is 0 Å². The molecule has 7 heteroatoms. The number of aromatic nitrogens is 1. The molecule has 6 nitrogen and oxygen atoms in total. The summed E-state index contributed by atoms with van der Waals surface area (Å²) in [6.45, 7) is -0.269. The first kappa shape index (κ1) is 17.6. The zero-order valence-electron chi connectivity index (χ0n) is 13.6. The highest BCUT2D eigenvalue weighted by atomic mass is 32.2. The van der Waals surface area contributed by atoms with Gasteiger partial charge in [0.15, 0.2) is 0 Å². The van der Waals surface area contributed by atoms with Crippen molar-refractivity contribution in [1.82, 2.24) is 4.98 Å². The average Bonchev–Trinajstić information content (AvgIpc) is 2.68. The monoisotopic (exact) mass is 365 g/mol. The van der Waals surface area contributed by atoms with Gasteiger partial charge in [-0.25, -0.2) is 13.4 Å². The van der Waals surface area contributed by atoms with Crippen LogP contribution in [0.15, 0.2) is 71.6 Å². The Bertz CT molecular complexity index is 1050. The number of nitrogens with zero attached hydrogens (tertiary/aromatic N) is 2. The molecule has 26 heavy (non-hydrogen) atoms. The van der Waals surface area contributed by atoms with Crippen LogP contribution in [-0.4, -0.2) is 18.5 Å². The van der Waals surface area contributed by atoms with E-state index in [2.05, 4.69) is 15.8 Å². The lowest BCUT2D eigenvalue weighted by molar-refractivity contribution is 0.277. The minimum absolute atomic E-state index is 0.103. The van der Waals surface area contributed by atoms with Crippen molar-refractivity contribution < 1.29 is 13.5 Å². The molecule has 1 heterocycles. The van der Waals surface area contributed by atoms with Gasteiger partial charge in [-0.15, -0.1) is 0 Å². The van der Waals surface area contributed by atoms with Crippen LogP contribution in [0.25, 0.3) is 11.1 Å². The van der Waals surface area contributed by atoms with Crippen molar-refractivity contribution in [2.45, 2.75) is 11.5 Å². The summed E-state index contributed by atoms with van der Waals surface area (Å²) in [6.07, 6.45) is 0. The Kier molecular flexibility index (Phi) is 4.98. The molecule has 0 saturated heterocycles. The van der Waals surface area contributed by atoms with Crippen LogP contribution in [0.3, 0.4) is 0 Å². The van der Waals surface area contributed by atoms with Crippen molar-refractivity contribution >= 4 is 15.8 Å². The molecule has 0 radical (unpaired) electrons. The van der Waals surface area contributed by atoms with Crippen molar-refractivity contribution in [3.8, 4) is 17.2 Å². The number of hydrogen-bond acceptors (Lipinski definition) is 5. The fourth-order valence-electron chi connectivity index (χ4n) is 2.38. The molecule has 1 aromatic heterocycles. The molecule has 2 aromatic carbocycles. The zero-order valence-corrected chi connectivity index (χ0v) is 14.4. The second-order valence-electron chi connectivity index (χ2n) is 5.49. The third-order valence-corrected chi connectivity index (χ3v) is 5.09. The minimum atomic E-state index is -3.79. The van der Waals surface area contributed by atoms with Crippen LogP contribution in [-0.2, 0) is 16.6 Å². The molecule has 0 atom stereocenters. The van der Waals surface area contributed by atoms with Crippen LogP contribution in [0, 0.1) is 11.3 Å². The molecule has 3 rings (SSSR count). The first-order valence-corrected chi connectivity index (χ1v) is 9.20. The van der Waals surface area contributed by atoms with Gasteiger partial charge in [-0.05, 0) is 47.5 Å². The largest absolute Gasteiger partial charge is 0.390 e. The summed E-state index contributed by atoms with van der Waals surface area (Å²) in [5.74, 6) is 0.146. The van der Waals surface area contributed by atoms with E-state index in [0.29, 0.717) is 11.3 Å².